The minimum Gasteiger partial charge on any atom is -0.356 e. The summed E-state index contributed by atoms with van der Waals surface area (Å²) in [5, 5.41) is 3.53. The summed E-state index contributed by atoms with van der Waals surface area (Å²) < 4.78 is 0. The topological polar surface area (TPSA) is 12.0 Å². The molecule has 178 valence electrons. The van der Waals surface area contributed by atoms with Crippen molar-refractivity contribution >= 4 is 16.9 Å². The first-order valence-corrected chi connectivity index (χ1v) is 12.9. The Morgan fingerprint density at radius 2 is 0.784 bits per heavy atom. The molecule has 0 bridgehead atoms. The van der Waals surface area contributed by atoms with Crippen molar-refractivity contribution in [3.63, 3.8) is 0 Å². The lowest BCUT2D eigenvalue weighted by atomic mass is 9.97. The molecule has 0 aliphatic heterocycles. The van der Waals surface area contributed by atoms with E-state index in [-0.39, 0.29) is 0 Å². The maximum Gasteiger partial charge on any atom is 0.0384 e. The molecule has 0 atom stereocenters. The standard InChI is InChI=1S/C36H29N/c1-3-7-27(8-4-1)29-11-15-31(16-12-29)33-19-23-35(24-20-33)37-36-25-21-34(22-26-36)32-17-13-30(14-18-32)28-9-5-2-6-10-28/h1,3-5,7-26,37H,2,6H2. The Labute approximate surface area is 219 Å². The second-order valence-electron chi connectivity index (χ2n) is 9.44. The van der Waals surface area contributed by atoms with Gasteiger partial charge in [0, 0.05) is 11.4 Å². The third-order valence-corrected chi connectivity index (χ3v) is 6.93. The minimum atomic E-state index is 1.08. The summed E-state index contributed by atoms with van der Waals surface area (Å²) in [5.41, 5.74) is 12.1. The molecule has 0 saturated carbocycles. The summed E-state index contributed by atoms with van der Waals surface area (Å²) in [6.07, 6.45) is 9.09. The maximum absolute atomic E-state index is 3.53. The molecule has 0 saturated heterocycles. The number of hydrogen-bond acceptors (Lipinski definition) is 1. The van der Waals surface area contributed by atoms with Crippen LogP contribution in [0.3, 0.4) is 0 Å². The Morgan fingerprint density at radius 3 is 1.22 bits per heavy atom. The summed E-state index contributed by atoms with van der Waals surface area (Å²) in [7, 11) is 0. The molecule has 0 fully saturated rings. The van der Waals surface area contributed by atoms with E-state index in [1.165, 1.54) is 44.5 Å². The van der Waals surface area contributed by atoms with Crippen molar-refractivity contribution in [1.82, 2.24) is 0 Å². The molecular formula is C36H29N. The number of benzene rings is 5. The molecule has 0 amide bonds. The Hall–Kier alpha value is -4.62. The number of nitrogens with one attached hydrogen (secondary N) is 1. The van der Waals surface area contributed by atoms with E-state index in [0.717, 1.165) is 24.2 Å². The van der Waals surface area contributed by atoms with E-state index in [1.807, 2.05) is 6.07 Å². The summed E-state index contributed by atoms with van der Waals surface area (Å²) >= 11 is 0. The van der Waals surface area contributed by atoms with Crippen LogP contribution in [0.4, 0.5) is 11.4 Å². The van der Waals surface area contributed by atoms with Gasteiger partial charge >= 0.3 is 0 Å². The van der Waals surface area contributed by atoms with Crippen LogP contribution in [0.2, 0.25) is 0 Å². The second-order valence-corrected chi connectivity index (χ2v) is 9.44. The van der Waals surface area contributed by atoms with Gasteiger partial charge in [-0.25, -0.2) is 0 Å². The first kappa shape index (κ1) is 22.8. The zero-order chi connectivity index (χ0) is 24.9. The van der Waals surface area contributed by atoms with Crippen LogP contribution in [0.25, 0.3) is 39.0 Å². The van der Waals surface area contributed by atoms with Gasteiger partial charge in [0.15, 0.2) is 0 Å². The quantitative estimate of drug-likeness (QED) is 0.257. The van der Waals surface area contributed by atoms with Crippen molar-refractivity contribution in [1.29, 1.82) is 0 Å². The van der Waals surface area contributed by atoms with Gasteiger partial charge in [-0.1, -0.05) is 121 Å². The Kier molecular flexibility index (Phi) is 6.51. The highest BCUT2D eigenvalue weighted by atomic mass is 14.9. The molecule has 5 aromatic carbocycles. The van der Waals surface area contributed by atoms with Gasteiger partial charge in [-0.15, -0.1) is 0 Å². The molecule has 1 N–H and O–H groups in total. The largest absolute Gasteiger partial charge is 0.356 e. The smallest absolute Gasteiger partial charge is 0.0384 e. The van der Waals surface area contributed by atoms with Crippen molar-refractivity contribution in [3.05, 3.63) is 151 Å². The van der Waals surface area contributed by atoms with Crippen molar-refractivity contribution in [2.24, 2.45) is 0 Å². The van der Waals surface area contributed by atoms with Crippen LogP contribution in [0.1, 0.15) is 18.4 Å². The van der Waals surface area contributed by atoms with Crippen LogP contribution in [0.5, 0.6) is 0 Å². The average molecular weight is 476 g/mol. The normalized spacial score (nSPS) is 12.7. The second kappa shape index (κ2) is 10.6. The molecule has 0 spiro atoms. The lowest BCUT2D eigenvalue weighted by Gasteiger charge is -2.11. The molecule has 1 aliphatic rings. The highest BCUT2D eigenvalue weighted by molar-refractivity contribution is 5.77. The maximum atomic E-state index is 3.53. The number of allylic oxidation sites excluding steroid dienone is 4. The SMILES string of the molecule is C1=CC(c2ccc(-c3ccc(Nc4ccc(-c5ccc(-c6ccccc6)cc5)cc4)cc3)cc2)=CCC1. The van der Waals surface area contributed by atoms with Crippen LogP contribution in [0.15, 0.2) is 146 Å². The third kappa shape index (κ3) is 5.32. The molecule has 37 heavy (non-hydrogen) atoms. The molecular weight excluding hydrogens is 446 g/mol. The third-order valence-electron chi connectivity index (χ3n) is 6.93. The van der Waals surface area contributed by atoms with Crippen molar-refractivity contribution in [2.75, 3.05) is 5.32 Å². The fourth-order valence-electron chi connectivity index (χ4n) is 4.83. The van der Waals surface area contributed by atoms with E-state index in [0.29, 0.717) is 0 Å². The van der Waals surface area contributed by atoms with Crippen molar-refractivity contribution in [3.8, 4) is 33.4 Å². The van der Waals surface area contributed by atoms with Gasteiger partial charge in [-0.2, -0.15) is 0 Å². The first-order chi connectivity index (χ1) is 18.3. The first-order valence-electron chi connectivity index (χ1n) is 12.9. The Morgan fingerprint density at radius 1 is 0.378 bits per heavy atom. The van der Waals surface area contributed by atoms with Crippen LogP contribution in [-0.2, 0) is 0 Å². The van der Waals surface area contributed by atoms with Crippen molar-refractivity contribution < 1.29 is 0 Å². The number of hydrogen-bond donors (Lipinski definition) is 1. The zero-order valence-corrected chi connectivity index (χ0v) is 20.8. The molecule has 0 radical (unpaired) electrons. The monoisotopic (exact) mass is 475 g/mol. The Balaban J connectivity index is 1.11. The minimum absolute atomic E-state index is 1.08. The van der Waals surface area contributed by atoms with Gasteiger partial charge < -0.3 is 5.32 Å². The van der Waals surface area contributed by atoms with Gasteiger partial charge in [0.25, 0.3) is 0 Å². The highest BCUT2D eigenvalue weighted by Gasteiger charge is 2.04. The van der Waals surface area contributed by atoms with E-state index in [1.54, 1.807) is 0 Å². The van der Waals surface area contributed by atoms with Gasteiger partial charge in [-0.05, 0) is 81.6 Å². The van der Waals surface area contributed by atoms with Gasteiger partial charge in [0.2, 0.25) is 0 Å². The predicted octanol–water partition coefficient (Wildman–Crippen LogP) is 10.2. The van der Waals surface area contributed by atoms with Crippen LogP contribution >= 0.6 is 0 Å². The number of anilines is 2. The van der Waals surface area contributed by atoms with Crippen molar-refractivity contribution in [2.45, 2.75) is 12.8 Å². The Bertz CT molecular complexity index is 1520. The van der Waals surface area contributed by atoms with Gasteiger partial charge in [0.1, 0.15) is 0 Å². The summed E-state index contributed by atoms with van der Waals surface area (Å²) in [6, 6.07) is 45.4. The van der Waals surface area contributed by atoms with Crippen LogP contribution in [0, 0.1) is 0 Å². The van der Waals surface area contributed by atoms with E-state index < -0.39 is 0 Å². The number of rotatable bonds is 6. The van der Waals surface area contributed by atoms with Gasteiger partial charge in [-0.3, -0.25) is 0 Å². The van der Waals surface area contributed by atoms with E-state index in [2.05, 4.69) is 145 Å². The fourth-order valence-corrected chi connectivity index (χ4v) is 4.83. The molecule has 1 heteroatoms. The molecule has 0 aromatic heterocycles. The molecule has 5 aromatic rings. The molecule has 1 nitrogen and oxygen atoms in total. The summed E-state index contributed by atoms with van der Waals surface area (Å²) in [5.74, 6) is 0. The predicted molar refractivity (Wildman–Crippen MR) is 159 cm³/mol. The van der Waals surface area contributed by atoms with Crippen LogP contribution < -0.4 is 5.32 Å². The highest BCUT2D eigenvalue weighted by Crippen LogP contribution is 2.29. The zero-order valence-electron chi connectivity index (χ0n) is 20.8. The summed E-state index contributed by atoms with van der Waals surface area (Å²) in [6.45, 7) is 0. The van der Waals surface area contributed by atoms with E-state index in [9.17, 15) is 0 Å². The van der Waals surface area contributed by atoms with E-state index >= 15 is 0 Å². The lowest BCUT2D eigenvalue weighted by Crippen LogP contribution is -1.90. The molecule has 1 aliphatic carbocycles. The molecule has 0 unspecified atom stereocenters. The summed E-state index contributed by atoms with van der Waals surface area (Å²) in [4.78, 5) is 0. The van der Waals surface area contributed by atoms with E-state index in [4.69, 9.17) is 0 Å². The fraction of sp³-hybridized carbons (Fsp3) is 0.0556. The van der Waals surface area contributed by atoms with Gasteiger partial charge in [0.05, 0.1) is 0 Å². The molecule has 6 rings (SSSR count). The molecule has 0 heterocycles. The van der Waals surface area contributed by atoms with Crippen LogP contribution in [-0.4, -0.2) is 0 Å². The average Bonchev–Trinajstić information content (AvgIpc) is 2.99. The lowest BCUT2D eigenvalue weighted by molar-refractivity contribution is 1.04.